The smallest absolute Gasteiger partial charge is 0.245 e. The molecule has 0 aliphatic carbocycles. The Balaban J connectivity index is 1.74. The first-order chi connectivity index (χ1) is 9.31. The molecule has 0 fully saturated rings. The van der Waals surface area contributed by atoms with Crippen LogP contribution in [0.3, 0.4) is 0 Å². The normalized spacial score (nSPS) is 11.2. The van der Waals surface area contributed by atoms with Crippen LogP contribution >= 0.6 is 0 Å². The fraction of sp³-hybridized carbons (Fsp3) is 0.0769. The maximum atomic E-state index is 4.23. The molecule has 94 valence electrons. The van der Waals surface area contributed by atoms with E-state index in [0.29, 0.717) is 11.6 Å². The van der Waals surface area contributed by atoms with E-state index in [0.717, 1.165) is 11.1 Å². The standard InChI is InChI=1S/C13H12N6/c1-9-3-2-4-10(5-9)6-17-19-13-14-7-11-12(18-13)16-8-15-11/h2-8H,1H3,(H2,14,15,16,18,19). The molecule has 0 saturated heterocycles. The topological polar surface area (TPSA) is 78.9 Å². The summed E-state index contributed by atoms with van der Waals surface area (Å²) in [7, 11) is 0. The predicted molar refractivity (Wildman–Crippen MR) is 74.1 cm³/mol. The van der Waals surface area contributed by atoms with Crippen molar-refractivity contribution >= 4 is 23.3 Å². The zero-order valence-corrected chi connectivity index (χ0v) is 10.3. The van der Waals surface area contributed by atoms with Crippen LogP contribution in [-0.4, -0.2) is 26.2 Å². The van der Waals surface area contributed by atoms with Crippen LogP contribution in [0.5, 0.6) is 0 Å². The first kappa shape index (κ1) is 11.3. The highest BCUT2D eigenvalue weighted by Gasteiger charge is 1.99. The van der Waals surface area contributed by atoms with E-state index in [9.17, 15) is 0 Å². The molecule has 19 heavy (non-hydrogen) atoms. The van der Waals surface area contributed by atoms with Gasteiger partial charge in [0.1, 0.15) is 5.52 Å². The number of aromatic nitrogens is 4. The van der Waals surface area contributed by atoms with E-state index in [1.165, 1.54) is 5.56 Å². The zero-order valence-electron chi connectivity index (χ0n) is 10.3. The summed E-state index contributed by atoms with van der Waals surface area (Å²) in [6, 6.07) is 8.06. The third-order valence-corrected chi connectivity index (χ3v) is 2.59. The number of hydrogen-bond donors (Lipinski definition) is 2. The van der Waals surface area contributed by atoms with E-state index in [4.69, 9.17) is 0 Å². The molecule has 0 atom stereocenters. The van der Waals surface area contributed by atoms with Crippen LogP contribution < -0.4 is 5.43 Å². The summed E-state index contributed by atoms with van der Waals surface area (Å²) >= 11 is 0. The molecular formula is C13H12N6. The van der Waals surface area contributed by atoms with Gasteiger partial charge in [-0.25, -0.2) is 15.4 Å². The molecule has 6 heteroatoms. The molecule has 2 aromatic heterocycles. The van der Waals surface area contributed by atoms with Gasteiger partial charge < -0.3 is 4.98 Å². The van der Waals surface area contributed by atoms with Crippen LogP contribution in [0.15, 0.2) is 41.9 Å². The monoisotopic (exact) mass is 252 g/mol. The largest absolute Gasteiger partial charge is 0.329 e. The van der Waals surface area contributed by atoms with Gasteiger partial charge in [0.2, 0.25) is 5.95 Å². The van der Waals surface area contributed by atoms with E-state index >= 15 is 0 Å². The van der Waals surface area contributed by atoms with Gasteiger partial charge >= 0.3 is 0 Å². The molecule has 2 N–H and O–H groups in total. The van der Waals surface area contributed by atoms with Gasteiger partial charge in [-0.1, -0.05) is 29.8 Å². The minimum atomic E-state index is 0.431. The second-order valence-electron chi connectivity index (χ2n) is 4.11. The molecule has 3 aromatic rings. The highest BCUT2D eigenvalue weighted by molar-refractivity contribution is 5.80. The van der Waals surface area contributed by atoms with Crippen molar-refractivity contribution < 1.29 is 0 Å². The minimum absolute atomic E-state index is 0.431. The number of aryl methyl sites for hydroxylation is 1. The molecular weight excluding hydrogens is 240 g/mol. The molecule has 0 saturated carbocycles. The predicted octanol–water partition coefficient (Wildman–Crippen LogP) is 2.11. The molecule has 0 bridgehead atoms. The lowest BCUT2D eigenvalue weighted by Gasteiger charge is -1.98. The van der Waals surface area contributed by atoms with Crippen LogP contribution in [-0.2, 0) is 0 Å². The Kier molecular flexibility index (Phi) is 2.89. The van der Waals surface area contributed by atoms with Crippen molar-refractivity contribution in [1.29, 1.82) is 0 Å². The average molecular weight is 252 g/mol. The van der Waals surface area contributed by atoms with Crippen LogP contribution in [0.2, 0.25) is 0 Å². The Morgan fingerprint density at radius 3 is 3.16 bits per heavy atom. The van der Waals surface area contributed by atoms with E-state index in [-0.39, 0.29) is 0 Å². The summed E-state index contributed by atoms with van der Waals surface area (Å²) in [6.07, 6.45) is 4.95. The van der Waals surface area contributed by atoms with Crippen LogP contribution in [0.4, 0.5) is 5.95 Å². The van der Waals surface area contributed by atoms with E-state index < -0.39 is 0 Å². The van der Waals surface area contributed by atoms with Crippen LogP contribution in [0.25, 0.3) is 11.2 Å². The number of rotatable bonds is 3. The highest BCUT2D eigenvalue weighted by Crippen LogP contribution is 2.07. The van der Waals surface area contributed by atoms with Crippen molar-refractivity contribution in [1.82, 2.24) is 19.9 Å². The second-order valence-corrected chi connectivity index (χ2v) is 4.11. The first-order valence-electron chi connectivity index (χ1n) is 5.83. The first-order valence-corrected chi connectivity index (χ1v) is 5.83. The molecule has 0 unspecified atom stereocenters. The van der Waals surface area contributed by atoms with E-state index in [1.807, 2.05) is 31.2 Å². The molecule has 0 amide bonds. The Morgan fingerprint density at radius 1 is 1.32 bits per heavy atom. The fourth-order valence-electron chi connectivity index (χ4n) is 1.71. The lowest BCUT2D eigenvalue weighted by molar-refractivity contribution is 1.14. The minimum Gasteiger partial charge on any atom is -0.329 e. The molecule has 0 radical (unpaired) electrons. The zero-order chi connectivity index (χ0) is 13.1. The number of hydrogen-bond acceptors (Lipinski definition) is 5. The number of imidazole rings is 1. The average Bonchev–Trinajstić information content (AvgIpc) is 2.86. The number of H-pyrrole nitrogens is 1. The molecule has 0 spiro atoms. The molecule has 2 heterocycles. The Bertz CT molecular complexity index is 731. The fourth-order valence-corrected chi connectivity index (χ4v) is 1.71. The van der Waals surface area contributed by atoms with Crippen molar-refractivity contribution in [3.05, 3.63) is 47.9 Å². The molecule has 0 aliphatic heterocycles. The number of aromatic amines is 1. The summed E-state index contributed by atoms with van der Waals surface area (Å²) < 4.78 is 0. The van der Waals surface area contributed by atoms with Crippen LogP contribution in [0.1, 0.15) is 11.1 Å². The van der Waals surface area contributed by atoms with Gasteiger partial charge in [0.25, 0.3) is 0 Å². The number of benzene rings is 1. The maximum absolute atomic E-state index is 4.23. The van der Waals surface area contributed by atoms with Gasteiger partial charge in [0.15, 0.2) is 5.65 Å². The van der Waals surface area contributed by atoms with Gasteiger partial charge in [0, 0.05) is 0 Å². The molecule has 1 aromatic carbocycles. The Labute approximate surface area is 109 Å². The number of fused-ring (bicyclic) bond motifs is 1. The Hall–Kier alpha value is -2.76. The molecule has 0 aliphatic rings. The van der Waals surface area contributed by atoms with Crippen LogP contribution in [0, 0.1) is 6.92 Å². The van der Waals surface area contributed by atoms with Gasteiger partial charge in [-0.15, -0.1) is 0 Å². The second kappa shape index (κ2) is 4.85. The summed E-state index contributed by atoms with van der Waals surface area (Å²) in [4.78, 5) is 15.3. The summed E-state index contributed by atoms with van der Waals surface area (Å²) in [5.74, 6) is 0.431. The SMILES string of the molecule is Cc1cccc(C=NNc2ncc3nc[nH]c3n2)c1. The molecule has 6 nitrogen and oxygen atoms in total. The summed E-state index contributed by atoms with van der Waals surface area (Å²) in [5.41, 5.74) is 6.42. The van der Waals surface area contributed by atoms with Gasteiger partial charge in [-0.3, -0.25) is 0 Å². The number of nitrogens with one attached hydrogen (secondary N) is 2. The van der Waals surface area contributed by atoms with Crippen molar-refractivity contribution in [3.8, 4) is 0 Å². The van der Waals surface area contributed by atoms with Crippen molar-refractivity contribution in [2.24, 2.45) is 5.10 Å². The van der Waals surface area contributed by atoms with Gasteiger partial charge in [-0.2, -0.15) is 10.1 Å². The third kappa shape index (κ3) is 2.57. The maximum Gasteiger partial charge on any atom is 0.245 e. The summed E-state index contributed by atoms with van der Waals surface area (Å²) in [5, 5.41) is 4.11. The van der Waals surface area contributed by atoms with Crippen molar-refractivity contribution in [3.63, 3.8) is 0 Å². The number of anilines is 1. The van der Waals surface area contributed by atoms with Gasteiger partial charge in [0.05, 0.1) is 18.7 Å². The lowest BCUT2D eigenvalue weighted by Crippen LogP contribution is -1.96. The van der Waals surface area contributed by atoms with Gasteiger partial charge in [-0.05, 0) is 12.5 Å². The quantitative estimate of drug-likeness (QED) is 0.552. The van der Waals surface area contributed by atoms with E-state index in [2.05, 4.69) is 30.5 Å². The van der Waals surface area contributed by atoms with Crippen molar-refractivity contribution in [2.75, 3.05) is 5.43 Å². The number of nitrogens with zero attached hydrogens (tertiary/aromatic N) is 4. The third-order valence-electron chi connectivity index (χ3n) is 2.59. The van der Waals surface area contributed by atoms with Crippen molar-refractivity contribution in [2.45, 2.75) is 6.92 Å². The summed E-state index contributed by atoms with van der Waals surface area (Å²) in [6.45, 7) is 2.04. The van der Waals surface area contributed by atoms with E-state index in [1.54, 1.807) is 18.7 Å². The molecule has 3 rings (SSSR count). The number of hydrazone groups is 1. The highest BCUT2D eigenvalue weighted by atomic mass is 15.3. The lowest BCUT2D eigenvalue weighted by atomic mass is 10.2. The Morgan fingerprint density at radius 2 is 2.26 bits per heavy atom.